The fourth-order valence-electron chi connectivity index (χ4n) is 4.06. The van der Waals surface area contributed by atoms with E-state index in [1.165, 1.54) is 80.6 Å². The number of ether oxygens (including phenoxy) is 2. The molecule has 0 saturated carbocycles. The van der Waals surface area contributed by atoms with E-state index in [2.05, 4.69) is 5.32 Å². The Morgan fingerprint density at radius 3 is 1.98 bits per heavy atom. The van der Waals surface area contributed by atoms with Crippen molar-refractivity contribution in [1.82, 2.24) is 10.2 Å². The summed E-state index contributed by atoms with van der Waals surface area (Å²) in [5.41, 5.74) is 0.558. The molecule has 42 heavy (non-hydrogen) atoms. The molecule has 0 aliphatic heterocycles. The fourth-order valence-corrected chi connectivity index (χ4v) is 5.49. The summed E-state index contributed by atoms with van der Waals surface area (Å²) in [6.07, 6.45) is 0. The highest BCUT2D eigenvalue weighted by atomic mass is 32.2. The molecule has 0 bridgehead atoms. The average Bonchev–Trinajstić information content (AvgIpc) is 2.97. The second kappa shape index (κ2) is 14.1. The van der Waals surface area contributed by atoms with E-state index in [0.717, 1.165) is 16.4 Å². The number of amides is 2. The molecule has 2 amide bonds. The Morgan fingerprint density at radius 2 is 1.43 bits per heavy atom. The predicted octanol–water partition coefficient (Wildman–Crippen LogP) is 4.37. The number of sulfonamides is 1. The molecular weight excluding hydrogens is 568 g/mol. The minimum Gasteiger partial charge on any atom is -0.493 e. The molecule has 3 aromatic rings. The molecule has 9 nitrogen and oxygen atoms in total. The molecule has 0 fully saturated rings. The van der Waals surface area contributed by atoms with Crippen LogP contribution in [0.3, 0.4) is 0 Å². The van der Waals surface area contributed by atoms with E-state index in [-0.39, 0.29) is 28.8 Å². The molecule has 0 heterocycles. The predicted molar refractivity (Wildman–Crippen MR) is 155 cm³/mol. The first-order valence-corrected chi connectivity index (χ1v) is 14.6. The van der Waals surface area contributed by atoms with Gasteiger partial charge in [0.15, 0.2) is 11.5 Å². The van der Waals surface area contributed by atoms with E-state index < -0.39 is 46.1 Å². The zero-order valence-corrected chi connectivity index (χ0v) is 25.0. The minimum atomic E-state index is -4.42. The van der Waals surface area contributed by atoms with Gasteiger partial charge in [-0.25, -0.2) is 17.2 Å². The van der Waals surface area contributed by atoms with Gasteiger partial charge in [0.2, 0.25) is 11.8 Å². The highest BCUT2D eigenvalue weighted by Gasteiger charge is 2.33. The van der Waals surface area contributed by atoms with Crippen LogP contribution in [0.4, 0.5) is 14.5 Å². The largest absolute Gasteiger partial charge is 0.493 e. The van der Waals surface area contributed by atoms with Crippen LogP contribution in [0.5, 0.6) is 11.5 Å². The van der Waals surface area contributed by atoms with Crippen LogP contribution in [0.25, 0.3) is 0 Å². The molecule has 0 aliphatic rings. The van der Waals surface area contributed by atoms with Crippen LogP contribution in [0.15, 0.2) is 71.6 Å². The Balaban J connectivity index is 2.04. The van der Waals surface area contributed by atoms with Crippen LogP contribution in [-0.4, -0.2) is 58.5 Å². The van der Waals surface area contributed by atoms with E-state index in [1.807, 2.05) is 13.8 Å². The molecule has 1 atom stereocenters. The number of anilines is 1. The van der Waals surface area contributed by atoms with Gasteiger partial charge in [0, 0.05) is 19.2 Å². The molecular formula is C30H35F2N3O6S. The van der Waals surface area contributed by atoms with Crippen molar-refractivity contribution < 1.29 is 36.3 Å². The van der Waals surface area contributed by atoms with Gasteiger partial charge in [0.25, 0.3) is 10.0 Å². The third-order valence-electron chi connectivity index (χ3n) is 6.45. The number of hydrogen-bond acceptors (Lipinski definition) is 6. The molecule has 12 heteroatoms. The number of carbonyl (C=O) groups is 2. The van der Waals surface area contributed by atoms with Crippen LogP contribution in [0.1, 0.15) is 26.3 Å². The summed E-state index contributed by atoms with van der Waals surface area (Å²) in [6, 6.07) is 13.0. The summed E-state index contributed by atoms with van der Waals surface area (Å²) >= 11 is 0. The summed E-state index contributed by atoms with van der Waals surface area (Å²) in [7, 11) is -1.66. The molecule has 3 aromatic carbocycles. The number of carbonyl (C=O) groups excluding carboxylic acids is 2. The van der Waals surface area contributed by atoms with Crippen molar-refractivity contribution in [2.45, 2.75) is 38.3 Å². The summed E-state index contributed by atoms with van der Waals surface area (Å²) < 4.78 is 66.6. The number of benzene rings is 3. The maximum Gasteiger partial charge on any atom is 0.264 e. The van der Waals surface area contributed by atoms with Crippen molar-refractivity contribution in [2.24, 2.45) is 5.92 Å². The molecule has 3 rings (SSSR count). The van der Waals surface area contributed by atoms with Crippen LogP contribution in [0, 0.1) is 17.6 Å². The third-order valence-corrected chi connectivity index (χ3v) is 8.22. The van der Waals surface area contributed by atoms with Gasteiger partial charge in [-0.3, -0.25) is 13.9 Å². The molecule has 0 aromatic heterocycles. The lowest BCUT2D eigenvalue weighted by atomic mass is 10.1. The Bertz CT molecular complexity index is 1480. The minimum absolute atomic E-state index is 0.0261. The lowest BCUT2D eigenvalue weighted by Gasteiger charge is -2.32. The second-order valence-corrected chi connectivity index (χ2v) is 11.8. The van der Waals surface area contributed by atoms with Gasteiger partial charge < -0.3 is 19.7 Å². The first kappa shape index (κ1) is 32.3. The second-order valence-electron chi connectivity index (χ2n) is 9.97. The third kappa shape index (κ3) is 7.96. The zero-order valence-electron chi connectivity index (χ0n) is 24.1. The van der Waals surface area contributed by atoms with Crippen LogP contribution in [0.2, 0.25) is 0 Å². The summed E-state index contributed by atoms with van der Waals surface area (Å²) in [5.74, 6) is -1.60. The quantitative estimate of drug-likeness (QED) is 0.311. The Kier molecular flexibility index (Phi) is 10.9. The van der Waals surface area contributed by atoms with Crippen molar-refractivity contribution in [3.8, 4) is 11.5 Å². The van der Waals surface area contributed by atoms with E-state index >= 15 is 0 Å². The molecule has 226 valence electrons. The van der Waals surface area contributed by atoms with Gasteiger partial charge in [-0.15, -0.1) is 0 Å². The Morgan fingerprint density at radius 1 is 0.857 bits per heavy atom. The lowest BCUT2D eigenvalue weighted by Crippen LogP contribution is -2.51. The molecule has 1 N–H and O–H groups in total. The topological polar surface area (TPSA) is 105 Å². The number of nitrogens with one attached hydrogen (secondary N) is 1. The van der Waals surface area contributed by atoms with E-state index in [9.17, 15) is 26.8 Å². The van der Waals surface area contributed by atoms with Crippen molar-refractivity contribution in [2.75, 3.05) is 31.6 Å². The SMILES string of the molecule is COc1ccc(S(=O)(=O)N(CC(=O)N(Cc2ccc(F)cc2)[C@@H](C)C(=O)NCC(C)C)c2ccc(F)cc2)cc1OC. The van der Waals surface area contributed by atoms with Gasteiger partial charge in [-0.05, 0) is 66.9 Å². The van der Waals surface area contributed by atoms with Gasteiger partial charge in [-0.1, -0.05) is 26.0 Å². The number of rotatable bonds is 13. The molecule has 0 aliphatic carbocycles. The standard InChI is InChI=1S/C30H35F2N3O6S/c1-20(2)17-33-30(37)21(3)34(18-22-6-8-23(31)9-7-22)29(36)19-35(25-12-10-24(32)11-13-25)42(38,39)26-14-15-27(40-4)28(16-26)41-5/h6-16,20-21H,17-19H2,1-5H3,(H,33,37)/t21-/m0/s1. The first-order chi connectivity index (χ1) is 19.9. The normalized spacial score (nSPS) is 12.0. The number of halogens is 2. The smallest absolute Gasteiger partial charge is 0.264 e. The number of hydrogen-bond donors (Lipinski definition) is 1. The zero-order chi connectivity index (χ0) is 31.0. The van der Waals surface area contributed by atoms with Crippen LogP contribution in [-0.2, 0) is 26.2 Å². The molecule has 0 unspecified atom stereocenters. The maximum atomic E-state index is 14.0. The first-order valence-electron chi connectivity index (χ1n) is 13.2. The summed E-state index contributed by atoms with van der Waals surface area (Å²) in [4.78, 5) is 27.9. The monoisotopic (exact) mass is 603 g/mol. The number of nitrogens with zero attached hydrogens (tertiary/aromatic N) is 2. The van der Waals surface area contributed by atoms with E-state index in [4.69, 9.17) is 9.47 Å². The highest BCUT2D eigenvalue weighted by Crippen LogP contribution is 2.32. The molecule has 0 radical (unpaired) electrons. The van der Waals surface area contributed by atoms with Gasteiger partial charge in [0.1, 0.15) is 24.2 Å². The maximum absolute atomic E-state index is 14.0. The van der Waals surface area contributed by atoms with Gasteiger partial charge in [-0.2, -0.15) is 0 Å². The number of methoxy groups -OCH3 is 2. The fraction of sp³-hybridized carbons (Fsp3) is 0.333. The van der Waals surface area contributed by atoms with Crippen molar-refractivity contribution >= 4 is 27.5 Å². The van der Waals surface area contributed by atoms with Gasteiger partial charge in [0.05, 0.1) is 24.8 Å². The molecule has 0 saturated heterocycles. The molecule has 0 spiro atoms. The Labute approximate surface area is 245 Å². The van der Waals surface area contributed by atoms with E-state index in [1.54, 1.807) is 0 Å². The highest BCUT2D eigenvalue weighted by molar-refractivity contribution is 7.92. The average molecular weight is 604 g/mol. The van der Waals surface area contributed by atoms with Crippen molar-refractivity contribution in [3.05, 3.63) is 83.9 Å². The van der Waals surface area contributed by atoms with Crippen LogP contribution < -0.4 is 19.1 Å². The van der Waals surface area contributed by atoms with Crippen LogP contribution >= 0.6 is 0 Å². The summed E-state index contributed by atoms with van der Waals surface area (Å²) in [6.45, 7) is 4.94. The van der Waals surface area contributed by atoms with Crippen molar-refractivity contribution in [3.63, 3.8) is 0 Å². The summed E-state index contributed by atoms with van der Waals surface area (Å²) in [5, 5.41) is 2.79. The van der Waals surface area contributed by atoms with E-state index in [0.29, 0.717) is 17.9 Å². The Hall–Kier alpha value is -4.19. The van der Waals surface area contributed by atoms with Gasteiger partial charge >= 0.3 is 0 Å². The van der Waals surface area contributed by atoms with Crippen molar-refractivity contribution in [1.29, 1.82) is 0 Å². The lowest BCUT2D eigenvalue weighted by molar-refractivity contribution is -0.139.